The molecule has 1 aliphatic rings. The van der Waals surface area contributed by atoms with Crippen molar-refractivity contribution in [3.8, 4) is 17.2 Å². The van der Waals surface area contributed by atoms with Crippen LogP contribution in [0.2, 0.25) is 0 Å². The van der Waals surface area contributed by atoms with E-state index >= 15 is 0 Å². The van der Waals surface area contributed by atoms with Crippen molar-refractivity contribution in [2.45, 2.75) is 13.0 Å². The molecular weight excluding hydrogens is 331 g/mol. The van der Waals surface area contributed by atoms with Gasteiger partial charge in [-0.3, -0.25) is 0 Å². The highest BCUT2D eigenvalue weighted by atomic mass is 32.1. The van der Waals surface area contributed by atoms with E-state index in [1.54, 1.807) is 28.2 Å². The molecule has 0 saturated carbocycles. The maximum atomic E-state index is 13.2. The third-order valence-corrected chi connectivity index (χ3v) is 4.43. The van der Waals surface area contributed by atoms with E-state index in [4.69, 9.17) is 9.47 Å². The third kappa shape index (κ3) is 2.95. The molecule has 3 aromatic rings. The van der Waals surface area contributed by atoms with Crippen LogP contribution >= 0.6 is 11.3 Å². The van der Waals surface area contributed by atoms with Gasteiger partial charge in [-0.1, -0.05) is 0 Å². The second-order valence-corrected chi connectivity index (χ2v) is 6.43. The van der Waals surface area contributed by atoms with E-state index in [1.807, 2.05) is 12.3 Å². The zero-order chi connectivity index (χ0) is 16.5. The Labute approximate surface area is 141 Å². The molecule has 4 rings (SSSR count). The topological polar surface area (TPSA) is 62.1 Å². The molecule has 0 amide bonds. The molecule has 0 aliphatic carbocycles. The number of hydrogen-bond donors (Lipinski definition) is 0. The Morgan fingerprint density at radius 1 is 1.21 bits per heavy atom. The summed E-state index contributed by atoms with van der Waals surface area (Å²) in [4.78, 5) is 9.05. The summed E-state index contributed by atoms with van der Waals surface area (Å²) >= 11 is 1.54. The average Bonchev–Trinajstić information content (AvgIpc) is 3.23. The second-order valence-electron chi connectivity index (χ2n) is 5.37. The molecule has 1 fully saturated rings. The van der Waals surface area contributed by atoms with Crippen molar-refractivity contribution >= 4 is 11.3 Å². The number of benzene rings is 1. The summed E-state index contributed by atoms with van der Waals surface area (Å²) in [5, 5.41) is 7.43. The first-order chi connectivity index (χ1) is 11.7. The standard InChI is InChI=1S/C16H15FN4O2S/c1-10-18-13(9-24-10)15-19-16(14-8-22-6-7-23-14)21(20-15)12-4-2-11(17)3-5-12/h2-5,9,14H,6-8H2,1H3. The van der Waals surface area contributed by atoms with Crippen LogP contribution < -0.4 is 0 Å². The van der Waals surface area contributed by atoms with E-state index in [0.29, 0.717) is 37.2 Å². The van der Waals surface area contributed by atoms with Gasteiger partial charge in [0, 0.05) is 5.38 Å². The van der Waals surface area contributed by atoms with Gasteiger partial charge in [0.15, 0.2) is 5.82 Å². The molecule has 1 saturated heterocycles. The minimum absolute atomic E-state index is 0.298. The van der Waals surface area contributed by atoms with Gasteiger partial charge in [-0.15, -0.1) is 16.4 Å². The number of halogens is 1. The Bertz CT molecular complexity index is 840. The lowest BCUT2D eigenvalue weighted by Crippen LogP contribution is -2.24. The lowest BCUT2D eigenvalue weighted by molar-refractivity contribution is -0.0942. The molecule has 0 N–H and O–H groups in total. The van der Waals surface area contributed by atoms with E-state index in [-0.39, 0.29) is 11.9 Å². The molecule has 1 unspecified atom stereocenters. The Morgan fingerprint density at radius 2 is 2.04 bits per heavy atom. The maximum Gasteiger partial charge on any atom is 0.201 e. The van der Waals surface area contributed by atoms with Crippen molar-refractivity contribution in [1.82, 2.24) is 19.7 Å². The largest absolute Gasteiger partial charge is 0.376 e. The summed E-state index contributed by atoms with van der Waals surface area (Å²) in [5.74, 6) is 0.850. The number of nitrogens with zero attached hydrogens (tertiary/aromatic N) is 4. The van der Waals surface area contributed by atoms with Crippen LogP contribution in [0.5, 0.6) is 0 Å². The molecule has 6 nitrogen and oxygen atoms in total. The van der Waals surface area contributed by atoms with Crippen LogP contribution in [0.1, 0.15) is 16.9 Å². The van der Waals surface area contributed by atoms with Gasteiger partial charge in [-0.25, -0.2) is 19.0 Å². The molecule has 2 aromatic heterocycles. The predicted molar refractivity (Wildman–Crippen MR) is 86.7 cm³/mol. The molecule has 24 heavy (non-hydrogen) atoms. The van der Waals surface area contributed by atoms with Crippen molar-refractivity contribution in [2.24, 2.45) is 0 Å². The fourth-order valence-electron chi connectivity index (χ4n) is 2.52. The molecule has 1 aliphatic heterocycles. The van der Waals surface area contributed by atoms with Gasteiger partial charge in [0.25, 0.3) is 0 Å². The van der Waals surface area contributed by atoms with E-state index in [1.165, 1.54) is 12.1 Å². The van der Waals surface area contributed by atoms with E-state index in [9.17, 15) is 4.39 Å². The Balaban J connectivity index is 1.79. The molecule has 3 heterocycles. The van der Waals surface area contributed by atoms with Crippen molar-refractivity contribution in [2.75, 3.05) is 19.8 Å². The first kappa shape index (κ1) is 15.4. The summed E-state index contributed by atoms with van der Waals surface area (Å²) in [6.07, 6.45) is -0.315. The van der Waals surface area contributed by atoms with Gasteiger partial charge in [-0.05, 0) is 31.2 Å². The first-order valence-corrected chi connectivity index (χ1v) is 8.43. The fourth-order valence-corrected chi connectivity index (χ4v) is 3.11. The number of thiazole rings is 1. The van der Waals surface area contributed by atoms with E-state index < -0.39 is 0 Å². The summed E-state index contributed by atoms with van der Waals surface area (Å²) in [6, 6.07) is 6.11. The number of aryl methyl sites for hydroxylation is 1. The normalized spacial score (nSPS) is 18.0. The number of ether oxygens (including phenoxy) is 2. The number of hydrogen-bond acceptors (Lipinski definition) is 6. The van der Waals surface area contributed by atoms with Crippen molar-refractivity contribution in [3.63, 3.8) is 0 Å². The van der Waals surface area contributed by atoms with Crippen LogP contribution in [0.3, 0.4) is 0 Å². The molecule has 0 radical (unpaired) electrons. The highest BCUT2D eigenvalue weighted by molar-refractivity contribution is 7.09. The van der Waals surface area contributed by atoms with E-state index in [2.05, 4.69) is 15.1 Å². The predicted octanol–water partition coefficient (Wildman–Crippen LogP) is 2.93. The smallest absolute Gasteiger partial charge is 0.201 e. The Hall–Kier alpha value is -2.16. The highest BCUT2D eigenvalue weighted by Gasteiger charge is 2.25. The second kappa shape index (κ2) is 6.39. The minimum atomic E-state index is -0.315. The summed E-state index contributed by atoms with van der Waals surface area (Å²) in [6.45, 7) is 3.42. The number of aromatic nitrogens is 4. The monoisotopic (exact) mass is 346 g/mol. The lowest BCUT2D eigenvalue weighted by atomic mass is 10.3. The highest BCUT2D eigenvalue weighted by Crippen LogP contribution is 2.26. The third-order valence-electron chi connectivity index (χ3n) is 3.66. The Morgan fingerprint density at radius 3 is 2.71 bits per heavy atom. The first-order valence-electron chi connectivity index (χ1n) is 7.55. The van der Waals surface area contributed by atoms with Gasteiger partial charge in [0.2, 0.25) is 5.82 Å². The molecule has 1 aromatic carbocycles. The maximum absolute atomic E-state index is 13.2. The van der Waals surface area contributed by atoms with Crippen LogP contribution in [0.15, 0.2) is 29.6 Å². The zero-order valence-corrected chi connectivity index (χ0v) is 13.8. The number of rotatable bonds is 3. The van der Waals surface area contributed by atoms with Gasteiger partial charge in [-0.2, -0.15) is 0 Å². The minimum Gasteiger partial charge on any atom is -0.376 e. The summed E-state index contributed by atoms with van der Waals surface area (Å²) in [5.41, 5.74) is 1.43. The van der Waals surface area contributed by atoms with E-state index in [0.717, 1.165) is 10.7 Å². The lowest BCUT2D eigenvalue weighted by Gasteiger charge is -2.22. The van der Waals surface area contributed by atoms with Gasteiger partial charge >= 0.3 is 0 Å². The summed E-state index contributed by atoms with van der Waals surface area (Å²) in [7, 11) is 0. The van der Waals surface area contributed by atoms with Crippen molar-refractivity contribution < 1.29 is 13.9 Å². The van der Waals surface area contributed by atoms with Crippen LogP contribution in [0.25, 0.3) is 17.2 Å². The van der Waals surface area contributed by atoms with Crippen molar-refractivity contribution in [1.29, 1.82) is 0 Å². The quantitative estimate of drug-likeness (QED) is 0.730. The molecule has 0 spiro atoms. The molecule has 8 heteroatoms. The van der Waals surface area contributed by atoms with Crippen LogP contribution in [0, 0.1) is 12.7 Å². The fraction of sp³-hybridized carbons (Fsp3) is 0.312. The van der Waals surface area contributed by atoms with Crippen LogP contribution in [0.4, 0.5) is 4.39 Å². The SMILES string of the molecule is Cc1nc(-c2nc(C3COCCO3)n(-c3ccc(F)cc3)n2)cs1. The van der Waals surface area contributed by atoms with Crippen LogP contribution in [-0.2, 0) is 9.47 Å². The Kier molecular flexibility index (Phi) is 4.09. The van der Waals surface area contributed by atoms with Gasteiger partial charge in [0.1, 0.15) is 17.6 Å². The molecule has 1 atom stereocenters. The average molecular weight is 346 g/mol. The summed E-state index contributed by atoms with van der Waals surface area (Å²) < 4.78 is 26.2. The van der Waals surface area contributed by atoms with Gasteiger partial charge in [0.05, 0.1) is 30.5 Å². The molecule has 124 valence electrons. The van der Waals surface area contributed by atoms with Crippen molar-refractivity contribution in [3.05, 3.63) is 46.3 Å². The molecule has 0 bridgehead atoms. The van der Waals surface area contributed by atoms with Crippen LogP contribution in [-0.4, -0.2) is 39.6 Å². The molecular formula is C16H15FN4O2S. The zero-order valence-electron chi connectivity index (χ0n) is 13.0. The van der Waals surface area contributed by atoms with Gasteiger partial charge < -0.3 is 9.47 Å².